The van der Waals surface area contributed by atoms with Gasteiger partial charge in [-0.3, -0.25) is 4.79 Å². The number of hydrogen-bond donors (Lipinski definition) is 0. The number of carbonyl (C=O) groups excluding carboxylic acids is 2. The second kappa shape index (κ2) is 8.18. The standard InChI is InChI=1S/C14H16F2O5/c1-3-20-11(17)8-7-9-5-4-6-10(21-14(15)16)12(9)13(18)19-2/h4-6,14H,3,7-8H2,1-2H3. The molecule has 0 saturated carbocycles. The number of carbonyl (C=O) groups is 2. The van der Waals surface area contributed by atoms with E-state index in [1.165, 1.54) is 12.1 Å². The van der Waals surface area contributed by atoms with Crippen LogP contribution >= 0.6 is 0 Å². The fourth-order valence-electron chi connectivity index (χ4n) is 1.78. The summed E-state index contributed by atoms with van der Waals surface area (Å²) in [6.45, 7) is -1.14. The molecule has 1 aromatic carbocycles. The topological polar surface area (TPSA) is 61.8 Å². The van der Waals surface area contributed by atoms with Crippen molar-refractivity contribution in [2.24, 2.45) is 0 Å². The summed E-state index contributed by atoms with van der Waals surface area (Å²) in [5, 5.41) is 0. The molecule has 5 nitrogen and oxygen atoms in total. The Bertz CT molecular complexity index is 502. The molecule has 0 aliphatic rings. The van der Waals surface area contributed by atoms with Crippen molar-refractivity contribution in [2.45, 2.75) is 26.4 Å². The van der Waals surface area contributed by atoms with E-state index in [0.29, 0.717) is 5.56 Å². The van der Waals surface area contributed by atoms with Crippen molar-refractivity contribution in [1.29, 1.82) is 0 Å². The van der Waals surface area contributed by atoms with Gasteiger partial charge in [-0.05, 0) is 25.0 Å². The van der Waals surface area contributed by atoms with Crippen molar-refractivity contribution in [3.63, 3.8) is 0 Å². The van der Waals surface area contributed by atoms with E-state index in [0.717, 1.165) is 7.11 Å². The number of aryl methyl sites for hydroxylation is 1. The molecule has 21 heavy (non-hydrogen) atoms. The van der Waals surface area contributed by atoms with Crippen LogP contribution in [0.3, 0.4) is 0 Å². The van der Waals surface area contributed by atoms with Gasteiger partial charge in [0, 0.05) is 6.42 Å². The van der Waals surface area contributed by atoms with Gasteiger partial charge in [-0.1, -0.05) is 12.1 Å². The van der Waals surface area contributed by atoms with Crippen LogP contribution in [0.25, 0.3) is 0 Å². The Balaban J connectivity index is 3.01. The SMILES string of the molecule is CCOC(=O)CCc1cccc(OC(F)F)c1C(=O)OC. The summed E-state index contributed by atoms with van der Waals surface area (Å²) in [6, 6.07) is 4.25. The summed E-state index contributed by atoms with van der Waals surface area (Å²) in [4.78, 5) is 23.1. The Kier molecular flexibility index (Phi) is 6.58. The number of rotatable bonds is 7. The van der Waals surface area contributed by atoms with Crippen LogP contribution in [0.4, 0.5) is 8.78 Å². The third kappa shape index (κ3) is 5.02. The van der Waals surface area contributed by atoms with E-state index >= 15 is 0 Å². The van der Waals surface area contributed by atoms with Crippen molar-refractivity contribution in [2.75, 3.05) is 13.7 Å². The molecule has 1 aromatic rings. The number of ether oxygens (including phenoxy) is 3. The highest BCUT2D eigenvalue weighted by Gasteiger charge is 2.21. The summed E-state index contributed by atoms with van der Waals surface area (Å²) in [7, 11) is 1.14. The van der Waals surface area contributed by atoms with Crippen LogP contribution < -0.4 is 4.74 Å². The molecule has 0 amide bonds. The zero-order valence-corrected chi connectivity index (χ0v) is 11.7. The minimum absolute atomic E-state index is 0.0238. The van der Waals surface area contributed by atoms with E-state index in [-0.39, 0.29) is 30.8 Å². The van der Waals surface area contributed by atoms with Gasteiger partial charge in [-0.25, -0.2) is 4.79 Å². The number of methoxy groups -OCH3 is 1. The van der Waals surface area contributed by atoms with E-state index in [1.54, 1.807) is 13.0 Å². The summed E-state index contributed by atoms with van der Waals surface area (Å²) in [6.07, 6.45) is 0.180. The van der Waals surface area contributed by atoms with Crippen molar-refractivity contribution in [1.82, 2.24) is 0 Å². The van der Waals surface area contributed by atoms with Crippen molar-refractivity contribution in [3.8, 4) is 5.75 Å². The van der Waals surface area contributed by atoms with Crippen LogP contribution in [0.2, 0.25) is 0 Å². The van der Waals surface area contributed by atoms with Gasteiger partial charge >= 0.3 is 18.6 Å². The van der Waals surface area contributed by atoms with Gasteiger partial charge in [0.15, 0.2) is 0 Å². The van der Waals surface area contributed by atoms with Crippen LogP contribution in [0, 0.1) is 0 Å². The maximum absolute atomic E-state index is 12.4. The van der Waals surface area contributed by atoms with Crippen LogP contribution in [0.1, 0.15) is 29.3 Å². The van der Waals surface area contributed by atoms with Gasteiger partial charge in [0.05, 0.1) is 13.7 Å². The Morgan fingerprint density at radius 3 is 2.57 bits per heavy atom. The van der Waals surface area contributed by atoms with Crippen LogP contribution in [-0.2, 0) is 20.7 Å². The van der Waals surface area contributed by atoms with E-state index in [9.17, 15) is 18.4 Å². The minimum atomic E-state index is -3.06. The summed E-state index contributed by atoms with van der Waals surface area (Å²) >= 11 is 0. The second-order valence-corrected chi connectivity index (χ2v) is 3.97. The Morgan fingerprint density at radius 2 is 2.00 bits per heavy atom. The highest BCUT2D eigenvalue weighted by atomic mass is 19.3. The first-order chi connectivity index (χ1) is 9.99. The predicted molar refractivity (Wildman–Crippen MR) is 69.4 cm³/mol. The largest absolute Gasteiger partial charge is 0.466 e. The molecule has 0 aliphatic carbocycles. The maximum Gasteiger partial charge on any atom is 0.387 e. The highest BCUT2D eigenvalue weighted by Crippen LogP contribution is 2.26. The lowest BCUT2D eigenvalue weighted by molar-refractivity contribution is -0.143. The van der Waals surface area contributed by atoms with Crippen LogP contribution in [0.5, 0.6) is 5.75 Å². The molecule has 0 spiro atoms. The Morgan fingerprint density at radius 1 is 1.29 bits per heavy atom. The molecule has 0 bridgehead atoms. The number of benzene rings is 1. The molecule has 1 rings (SSSR count). The average Bonchev–Trinajstić information content (AvgIpc) is 2.44. The van der Waals surface area contributed by atoms with Gasteiger partial charge in [0.25, 0.3) is 0 Å². The van der Waals surface area contributed by atoms with Gasteiger partial charge < -0.3 is 14.2 Å². The monoisotopic (exact) mass is 302 g/mol. The quantitative estimate of drug-likeness (QED) is 0.724. The molecule has 0 aliphatic heterocycles. The van der Waals surface area contributed by atoms with E-state index in [1.807, 2.05) is 0 Å². The summed E-state index contributed by atoms with van der Waals surface area (Å²) in [5.41, 5.74) is 0.276. The third-order valence-electron chi connectivity index (χ3n) is 2.62. The van der Waals surface area contributed by atoms with Gasteiger partial charge in [0.1, 0.15) is 11.3 Å². The number of halogens is 2. The first-order valence-corrected chi connectivity index (χ1v) is 6.30. The van der Waals surface area contributed by atoms with Crippen LogP contribution in [0.15, 0.2) is 18.2 Å². The minimum Gasteiger partial charge on any atom is -0.466 e. The zero-order chi connectivity index (χ0) is 15.8. The van der Waals surface area contributed by atoms with Crippen molar-refractivity contribution in [3.05, 3.63) is 29.3 Å². The summed E-state index contributed by atoms with van der Waals surface area (Å²) < 4.78 is 38.4. The number of esters is 2. The normalized spacial score (nSPS) is 10.3. The molecule has 116 valence electrons. The molecule has 0 atom stereocenters. The molecule has 0 saturated heterocycles. The molecular formula is C14H16F2O5. The lowest BCUT2D eigenvalue weighted by Crippen LogP contribution is -2.13. The molecular weight excluding hydrogens is 286 g/mol. The highest BCUT2D eigenvalue weighted by molar-refractivity contribution is 5.94. The van der Waals surface area contributed by atoms with Crippen molar-refractivity contribution >= 4 is 11.9 Å². The predicted octanol–water partition coefficient (Wildman–Crippen LogP) is 2.57. The lowest BCUT2D eigenvalue weighted by atomic mass is 10.0. The van der Waals surface area contributed by atoms with E-state index < -0.39 is 18.6 Å². The molecule has 0 fully saturated rings. The fraction of sp³-hybridized carbons (Fsp3) is 0.429. The maximum atomic E-state index is 12.4. The first-order valence-electron chi connectivity index (χ1n) is 6.30. The average molecular weight is 302 g/mol. The smallest absolute Gasteiger partial charge is 0.387 e. The molecule has 0 N–H and O–H groups in total. The molecule has 0 heterocycles. The number of hydrogen-bond acceptors (Lipinski definition) is 5. The molecule has 0 aromatic heterocycles. The zero-order valence-electron chi connectivity index (χ0n) is 11.7. The van der Waals surface area contributed by atoms with Crippen LogP contribution in [-0.4, -0.2) is 32.3 Å². The van der Waals surface area contributed by atoms with Gasteiger partial charge in [-0.2, -0.15) is 8.78 Å². The van der Waals surface area contributed by atoms with Crippen molar-refractivity contribution < 1.29 is 32.6 Å². The lowest BCUT2D eigenvalue weighted by Gasteiger charge is -2.13. The first kappa shape index (κ1) is 16.9. The molecule has 7 heteroatoms. The van der Waals surface area contributed by atoms with E-state index in [2.05, 4.69) is 9.47 Å². The molecule has 0 radical (unpaired) electrons. The summed E-state index contributed by atoms with van der Waals surface area (Å²) in [5.74, 6) is -1.52. The molecule has 0 unspecified atom stereocenters. The van der Waals surface area contributed by atoms with Gasteiger partial charge in [-0.15, -0.1) is 0 Å². The number of alkyl halides is 2. The fourth-order valence-corrected chi connectivity index (χ4v) is 1.78. The second-order valence-electron chi connectivity index (χ2n) is 3.97. The van der Waals surface area contributed by atoms with E-state index in [4.69, 9.17) is 4.74 Å². The third-order valence-corrected chi connectivity index (χ3v) is 2.62. The van der Waals surface area contributed by atoms with Gasteiger partial charge in [0.2, 0.25) is 0 Å². The Hall–Kier alpha value is -2.18. The Labute approximate surface area is 120 Å².